The van der Waals surface area contributed by atoms with E-state index in [1.165, 1.54) is 12.8 Å². The molecule has 0 aliphatic carbocycles. The average molecular weight is 126 g/mol. The molecule has 8 heavy (non-hydrogen) atoms. The molecule has 0 bridgehead atoms. The lowest BCUT2D eigenvalue weighted by atomic mass is 10.6. The number of halogens is 2. The minimum Gasteiger partial charge on any atom is -0.0656 e. The molecular formula is C6H16F2. The molecule has 0 aromatic heterocycles. The third-order valence-corrected chi connectivity index (χ3v) is 0. The average Bonchev–Trinajstić information content (AvgIpc) is 1.75. The standard InChI is InChI=1S/2C3H8.F2/c2*1-3-2;1-2/h2*3H2,1-2H3;. The lowest BCUT2D eigenvalue weighted by Crippen LogP contribution is -1.27. The molecule has 0 nitrogen and oxygen atoms in total. The molecule has 0 rings (SSSR count). The minimum absolute atomic E-state index is 1.25. The predicted molar refractivity (Wildman–Crippen MR) is 34.1 cm³/mol. The van der Waals surface area contributed by atoms with Gasteiger partial charge < -0.3 is 0 Å². The minimum atomic E-state index is 1.25. The van der Waals surface area contributed by atoms with Gasteiger partial charge in [-0.25, -0.2) is 0 Å². The van der Waals surface area contributed by atoms with Crippen molar-refractivity contribution in [3.05, 3.63) is 0 Å². The Morgan fingerprint density at radius 3 is 0.750 bits per heavy atom. The molecule has 0 aromatic carbocycles. The maximum absolute atomic E-state index is 8.00. The second-order valence-electron chi connectivity index (χ2n) is 1.41. The van der Waals surface area contributed by atoms with Crippen LogP contribution in [0.4, 0.5) is 9.15 Å². The summed E-state index contributed by atoms with van der Waals surface area (Å²) in [6.07, 6.45) is 2.50. The van der Waals surface area contributed by atoms with Crippen molar-refractivity contribution in [1.82, 2.24) is 0 Å². The Balaban J connectivity index is -0.0000000483. The molecule has 0 spiro atoms. The first kappa shape index (κ1) is 15.7. The third-order valence-electron chi connectivity index (χ3n) is 0. The highest BCUT2D eigenvalue weighted by atomic mass is 20.0. The highest BCUT2D eigenvalue weighted by Gasteiger charge is 1.36. The van der Waals surface area contributed by atoms with Crippen LogP contribution in [-0.4, -0.2) is 0 Å². The first-order valence-electron chi connectivity index (χ1n) is 2.97. The molecule has 0 aliphatic heterocycles. The normalized spacial score (nSPS) is 5.25. The second-order valence-corrected chi connectivity index (χ2v) is 1.41. The highest BCUT2D eigenvalue weighted by molar-refractivity contribution is 3.92. The van der Waals surface area contributed by atoms with E-state index in [-0.39, 0.29) is 0 Å². The van der Waals surface area contributed by atoms with Crippen LogP contribution in [0, 0.1) is 0 Å². The van der Waals surface area contributed by atoms with E-state index in [1.807, 2.05) is 0 Å². The molecule has 54 valence electrons. The van der Waals surface area contributed by atoms with Gasteiger partial charge in [-0.15, -0.1) is 0 Å². The Bertz CT molecular complexity index is 8.49. The number of hydrogen-bond acceptors (Lipinski definition) is 0. The Morgan fingerprint density at radius 2 is 0.750 bits per heavy atom. The molecule has 0 aliphatic rings. The fourth-order valence-corrected chi connectivity index (χ4v) is 0. The first-order valence-corrected chi connectivity index (χ1v) is 2.97. The third kappa shape index (κ3) is 7060. The fraction of sp³-hybridized carbons (Fsp3) is 1.00. The van der Waals surface area contributed by atoms with Gasteiger partial charge in [0.1, 0.15) is 0 Å². The van der Waals surface area contributed by atoms with Crippen molar-refractivity contribution in [2.45, 2.75) is 40.5 Å². The van der Waals surface area contributed by atoms with Crippen molar-refractivity contribution in [1.29, 1.82) is 0 Å². The van der Waals surface area contributed by atoms with Gasteiger partial charge in [0.25, 0.3) is 0 Å². The van der Waals surface area contributed by atoms with Crippen LogP contribution < -0.4 is 0 Å². The number of hydrogen-bond donors (Lipinski definition) is 0. The van der Waals surface area contributed by atoms with Crippen molar-refractivity contribution in [2.24, 2.45) is 0 Å². The summed E-state index contributed by atoms with van der Waals surface area (Å²) in [5.74, 6) is 0. The van der Waals surface area contributed by atoms with E-state index in [0.717, 1.165) is 0 Å². The lowest BCUT2D eigenvalue weighted by molar-refractivity contribution is 0.108. The molecule has 0 heterocycles. The largest absolute Gasteiger partial charge is 0.0656 e. The van der Waals surface area contributed by atoms with Crippen LogP contribution in [0.2, 0.25) is 0 Å². The maximum atomic E-state index is 8.00. The Hall–Kier alpha value is -0.140. The van der Waals surface area contributed by atoms with E-state index in [9.17, 15) is 0 Å². The Kier molecular flexibility index (Phi) is 133. The Labute approximate surface area is 50.8 Å². The SMILES string of the molecule is CCC.CCC.FF. The van der Waals surface area contributed by atoms with Gasteiger partial charge in [-0.2, -0.15) is 0 Å². The molecule has 0 atom stereocenters. The first-order chi connectivity index (χ1) is 3.83. The van der Waals surface area contributed by atoms with Crippen molar-refractivity contribution in [3.8, 4) is 0 Å². The van der Waals surface area contributed by atoms with Crippen molar-refractivity contribution in [2.75, 3.05) is 0 Å². The van der Waals surface area contributed by atoms with Gasteiger partial charge in [-0.1, -0.05) is 40.5 Å². The van der Waals surface area contributed by atoms with E-state index in [1.54, 1.807) is 0 Å². The van der Waals surface area contributed by atoms with Crippen LogP contribution in [0.3, 0.4) is 0 Å². The fourth-order valence-electron chi connectivity index (χ4n) is 0. The maximum Gasteiger partial charge on any atom is 0 e. The van der Waals surface area contributed by atoms with Crippen molar-refractivity contribution >= 4 is 0 Å². The molecule has 0 amide bonds. The zero-order chi connectivity index (χ0) is 7.41. The molecular weight excluding hydrogens is 110 g/mol. The van der Waals surface area contributed by atoms with Crippen LogP contribution in [0.25, 0.3) is 0 Å². The smallest absolute Gasteiger partial charge is 0 e. The molecule has 0 unspecified atom stereocenters. The summed E-state index contributed by atoms with van der Waals surface area (Å²) in [6, 6.07) is 0. The zero-order valence-corrected chi connectivity index (χ0v) is 6.17. The number of rotatable bonds is 0. The van der Waals surface area contributed by atoms with E-state index >= 15 is 0 Å². The topological polar surface area (TPSA) is 0 Å². The molecule has 2 heteroatoms. The van der Waals surface area contributed by atoms with E-state index < -0.39 is 0 Å². The predicted octanol–water partition coefficient (Wildman–Crippen LogP) is 3.67. The molecule has 0 radical (unpaired) electrons. The van der Waals surface area contributed by atoms with Crippen LogP contribution in [0.15, 0.2) is 0 Å². The quantitative estimate of drug-likeness (QED) is 0.464. The molecule has 0 aromatic rings. The van der Waals surface area contributed by atoms with E-state index in [0.29, 0.717) is 0 Å². The zero-order valence-electron chi connectivity index (χ0n) is 6.17. The summed E-state index contributed by atoms with van der Waals surface area (Å²) < 4.78 is 16.0. The summed E-state index contributed by atoms with van der Waals surface area (Å²) in [5, 5.41) is 0. The Morgan fingerprint density at radius 1 is 0.750 bits per heavy atom. The lowest BCUT2D eigenvalue weighted by Gasteiger charge is -1.48. The van der Waals surface area contributed by atoms with Gasteiger partial charge in [0.05, 0.1) is 0 Å². The summed E-state index contributed by atoms with van der Waals surface area (Å²) in [6.45, 7) is 8.50. The molecule has 0 saturated heterocycles. The summed E-state index contributed by atoms with van der Waals surface area (Å²) >= 11 is 0. The van der Waals surface area contributed by atoms with Gasteiger partial charge >= 0.3 is 0 Å². The van der Waals surface area contributed by atoms with Gasteiger partial charge in [0.15, 0.2) is 0 Å². The van der Waals surface area contributed by atoms with Crippen LogP contribution in [-0.2, 0) is 0 Å². The summed E-state index contributed by atoms with van der Waals surface area (Å²) in [7, 11) is 0. The van der Waals surface area contributed by atoms with E-state index in [2.05, 4.69) is 27.7 Å². The second kappa shape index (κ2) is 68.1. The van der Waals surface area contributed by atoms with Gasteiger partial charge in [-0.05, 0) is 0 Å². The van der Waals surface area contributed by atoms with Gasteiger partial charge in [0.2, 0.25) is 0 Å². The van der Waals surface area contributed by atoms with Gasteiger partial charge in [-0.3, -0.25) is 0 Å². The molecule has 0 fully saturated rings. The van der Waals surface area contributed by atoms with Crippen LogP contribution >= 0.6 is 0 Å². The summed E-state index contributed by atoms with van der Waals surface area (Å²) in [4.78, 5) is 0. The van der Waals surface area contributed by atoms with Crippen LogP contribution in [0.5, 0.6) is 0 Å². The van der Waals surface area contributed by atoms with Crippen molar-refractivity contribution < 1.29 is 9.15 Å². The highest BCUT2D eigenvalue weighted by Crippen LogP contribution is 1.56. The summed E-state index contributed by atoms with van der Waals surface area (Å²) in [5.41, 5.74) is 0. The molecule has 0 saturated carbocycles. The van der Waals surface area contributed by atoms with Gasteiger partial charge in [0, 0.05) is 9.15 Å². The van der Waals surface area contributed by atoms with Crippen molar-refractivity contribution in [3.63, 3.8) is 0 Å². The monoisotopic (exact) mass is 126 g/mol. The van der Waals surface area contributed by atoms with Crippen LogP contribution in [0.1, 0.15) is 40.5 Å². The molecule has 0 N–H and O–H groups in total. The van der Waals surface area contributed by atoms with E-state index in [4.69, 9.17) is 9.15 Å².